The average molecular weight is 485 g/mol. The van der Waals surface area contributed by atoms with E-state index in [2.05, 4.69) is 10.3 Å². The van der Waals surface area contributed by atoms with Gasteiger partial charge in [0.1, 0.15) is 5.75 Å². The summed E-state index contributed by atoms with van der Waals surface area (Å²) in [5.74, 6) is -0.593. The zero-order valence-electron chi connectivity index (χ0n) is 18.7. The van der Waals surface area contributed by atoms with Crippen LogP contribution in [0.1, 0.15) is 10.5 Å². The molecule has 0 amide bonds. The Balaban J connectivity index is 1.41. The predicted molar refractivity (Wildman–Crippen MR) is 129 cm³/mol. The molecule has 9 heteroatoms. The molecule has 3 aromatic carbocycles. The number of nitrogens with zero attached hydrogens (tertiary/aromatic N) is 3. The van der Waals surface area contributed by atoms with Gasteiger partial charge in [0, 0.05) is 23.3 Å². The van der Waals surface area contributed by atoms with Crippen LogP contribution in [0.5, 0.6) is 11.7 Å². The quantitative estimate of drug-likeness (QED) is 0.201. The number of ether oxygens (including phenoxy) is 1. The highest BCUT2D eigenvalue weighted by Crippen LogP contribution is 2.32. The molecule has 0 aliphatic rings. The summed E-state index contributed by atoms with van der Waals surface area (Å²) in [5.41, 5.74) is 3.94. The highest BCUT2D eigenvalue weighted by atomic mass is 32.2. The molecule has 2 aromatic heterocycles. The zero-order chi connectivity index (χ0) is 24.2. The predicted octanol–water partition coefficient (Wildman–Crippen LogP) is 4.07. The molecule has 0 aliphatic heterocycles. The number of benzene rings is 3. The Kier molecular flexibility index (Phi) is 6.32. The van der Waals surface area contributed by atoms with Gasteiger partial charge >= 0.3 is 5.69 Å². The topological polar surface area (TPSA) is 108 Å². The smallest absolute Gasteiger partial charge is 0.307 e. The minimum atomic E-state index is -0.791. The van der Waals surface area contributed by atoms with E-state index in [1.54, 1.807) is 31.4 Å². The summed E-state index contributed by atoms with van der Waals surface area (Å²) in [6.07, 6.45) is 0. The Labute approximate surface area is 205 Å². The Morgan fingerprint density at radius 3 is 2.31 bits per heavy atom. The van der Waals surface area contributed by atoms with Gasteiger partial charge in [-0.2, -0.15) is 0 Å². The van der Waals surface area contributed by atoms with E-state index in [9.17, 15) is 9.90 Å². The average Bonchev–Trinajstić information content (AvgIpc) is 3.52. The van der Waals surface area contributed by atoms with Crippen molar-refractivity contribution in [3.05, 3.63) is 90.6 Å². The van der Waals surface area contributed by atoms with Crippen LogP contribution in [0.2, 0.25) is 0 Å². The van der Waals surface area contributed by atoms with Crippen molar-refractivity contribution >= 4 is 17.5 Å². The molecule has 0 unspecified atom stereocenters. The summed E-state index contributed by atoms with van der Waals surface area (Å²) in [7, 11) is 1.56. The number of hydrogen-bond acceptors (Lipinski definition) is 7. The van der Waals surface area contributed by atoms with Gasteiger partial charge in [0.05, 0.1) is 29.5 Å². The number of Topliss-reactive ketones (excluding diaryl/α,β-unsaturated/α-hetero) is 1. The number of thioether (sulfide) groups is 1. The maximum atomic E-state index is 13.0. The molecule has 0 bridgehead atoms. The van der Waals surface area contributed by atoms with E-state index in [4.69, 9.17) is 14.2 Å². The molecule has 0 saturated carbocycles. The summed E-state index contributed by atoms with van der Waals surface area (Å²) in [4.78, 5) is 21.1. The largest absolute Gasteiger partial charge is 0.539 e. The van der Waals surface area contributed by atoms with E-state index in [0.717, 1.165) is 22.5 Å². The maximum Gasteiger partial charge on any atom is 0.307 e. The first kappa shape index (κ1) is 22.4. The van der Waals surface area contributed by atoms with E-state index in [1.807, 2.05) is 60.7 Å². The molecule has 0 atom stereocenters. The highest BCUT2D eigenvalue weighted by molar-refractivity contribution is 7.99. The fraction of sp³-hybridized carbons (Fsp3) is 0.0769. The molecule has 5 aromatic rings. The van der Waals surface area contributed by atoms with Gasteiger partial charge in [-0.3, -0.25) is 4.79 Å². The van der Waals surface area contributed by atoms with Crippen molar-refractivity contribution in [3.63, 3.8) is 0 Å². The standard InChI is InChI=1S/C26H20N4O4S/c1-33-20-14-12-19(13-15-20)30-24(25(32)34-29-30)21(31)16-35-26-27-22(17-8-4-2-5-9-17)23(28-26)18-10-6-3-7-11-18/h2-15H,16H2,1H3,(H-,27,28,29,31,32). The fourth-order valence-corrected chi connectivity index (χ4v) is 4.36. The lowest BCUT2D eigenvalue weighted by Gasteiger charge is -2.02. The van der Waals surface area contributed by atoms with Gasteiger partial charge in [0.15, 0.2) is 11.1 Å². The van der Waals surface area contributed by atoms with Gasteiger partial charge in [-0.05, 0) is 16.8 Å². The summed E-state index contributed by atoms with van der Waals surface area (Å²) in [6.45, 7) is 0. The molecule has 174 valence electrons. The van der Waals surface area contributed by atoms with Crippen molar-refractivity contribution in [2.75, 3.05) is 12.9 Å². The van der Waals surface area contributed by atoms with Gasteiger partial charge in [-0.15, -0.1) is 0 Å². The third-order valence-electron chi connectivity index (χ3n) is 5.32. The Morgan fingerprint density at radius 1 is 1.00 bits per heavy atom. The second-order valence-corrected chi connectivity index (χ2v) is 8.49. The number of H-pyrrole nitrogens is 1. The molecule has 2 heterocycles. The number of aromatic nitrogens is 4. The van der Waals surface area contributed by atoms with Crippen molar-refractivity contribution in [3.8, 4) is 39.9 Å². The zero-order valence-corrected chi connectivity index (χ0v) is 19.5. The van der Waals surface area contributed by atoms with Crippen molar-refractivity contribution in [2.45, 2.75) is 5.16 Å². The van der Waals surface area contributed by atoms with Crippen LogP contribution in [-0.4, -0.2) is 33.9 Å². The lowest BCUT2D eigenvalue weighted by Crippen LogP contribution is -2.39. The molecule has 1 N–H and O–H groups in total. The van der Waals surface area contributed by atoms with Crippen LogP contribution < -0.4 is 14.5 Å². The van der Waals surface area contributed by atoms with Gasteiger partial charge < -0.3 is 19.4 Å². The Hall–Kier alpha value is -4.37. The third kappa shape index (κ3) is 4.67. The number of carbonyl (C=O) groups is 1. The van der Waals surface area contributed by atoms with E-state index >= 15 is 0 Å². The van der Waals surface area contributed by atoms with Gasteiger partial charge in [-0.25, -0.2) is 4.98 Å². The number of aromatic amines is 1. The molecule has 5 rings (SSSR count). The Bertz CT molecular complexity index is 1390. The van der Waals surface area contributed by atoms with Gasteiger partial charge in [-0.1, -0.05) is 72.4 Å². The third-order valence-corrected chi connectivity index (χ3v) is 6.20. The van der Waals surface area contributed by atoms with Gasteiger partial charge in [0.2, 0.25) is 11.5 Å². The number of methoxy groups -OCH3 is 1. The van der Waals surface area contributed by atoms with Crippen molar-refractivity contribution in [1.82, 2.24) is 15.2 Å². The minimum absolute atomic E-state index is 0.0252. The van der Waals surface area contributed by atoms with Crippen LogP contribution in [0.25, 0.3) is 28.2 Å². The van der Waals surface area contributed by atoms with Crippen LogP contribution in [0, 0.1) is 0 Å². The molecular formula is C26H20N4O4S. The first-order chi connectivity index (χ1) is 17.1. The van der Waals surface area contributed by atoms with E-state index in [-0.39, 0.29) is 11.4 Å². The SMILES string of the molecule is COc1ccc(-[n+]2noc([O-])c2C(=O)CSc2nc(-c3ccccc3)c(-c3ccccc3)[nH]2)cc1. The minimum Gasteiger partial charge on any atom is -0.539 e. The molecule has 0 aliphatic carbocycles. The molecule has 0 fully saturated rings. The maximum absolute atomic E-state index is 13.0. The molecule has 35 heavy (non-hydrogen) atoms. The number of imidazole rings is 1. The lowest BCUT2D eigenvalue weighted by molar-refractivity contribution is -0.672. The monoisotopic (exact) mass is 484 g/mol. The van der Waals surface area contributed by atoms with Crippen molar-refractivity contribution in [1.29, 1.82) is 0 Å². The van der Waals surface area contributed by atoms with E-state index in [0.29, 0.717) is 16.6 Å². The summed E-state index contributed by atoms with van der Waals surface area (Å²) >= 11 is 1.21. The number of rotatable bonds is 8. The van der Waals surface area contributed by atoms with Crippen molar-refractivity contribution < 1.29 is 23.8 Å². The highest BCUT2D eigenvalue weighted by Gasteiger charge is 2.28. The van der Waals surface area contributed by atoms with Crippen LogP contribution in [0.3, 0.4) is 0 Å². The summed E-state index contributed by atoms with van der Waals surface area (Å²) in [5, 5.41) is 16.6. The molecule has 0 spiro atoms. The second kappa shape index (κ2) is 9.86. The molecule has 8 nitrogen and oxygen atoms in total. The van der Waals surface area contributed by atoms with E-state index in [1.165, 1.54) is 16.4 Å². The van der Waals surface area contributed by atoms with Crippen LogP contribution in [0.15, 0.2) is 94.6 Å². The summed E-state index contributed by atoms with van der Waals surface area (Å²) < 4.78 is 11.2. The molecule has 0 saturated heterocycles. The molecular weight excluding hydrogens is 464 g/mol. The van der Waals surface area contributed by atoms with E-state index < -0.39 is 11.7 Å². The Morgan fingerprint density at radius 2 is 1.66 bits per heavy atom. The first-order valence-electron chi connectivity index (χ1n) is 10.7. The second-order valence-electron chi connectivity index (χ2n) is 7.53. The lowest BCUT2D eigenvalue weighted by atomic mass is 10.1. The van der Waals surface area contributed by atoms with Crippen molar-refractivity contribution in [2.24, 2.45) is 0 Å². The van der Waals surface area contributed by atoms with Crippen LogP contribution in [0.4, 0.5) is 0 Å². The van der Waals surface area contributed by atoms with Crippen LogP contribution in [-0.2, 0) is 0 Å². The van der Waals surface area contributed by atoms with Gasteiger partial charge in [0.25, 0.3) is 0 Å². The number of hydrogen-bond donors (Lipinski definition) is 1. The summed E-state index contributed by atoms with van der Waals surface area (Å²) in [6, 6.07) is 26.5. The number of nitrogens with one attached hydrogen (secondary N) is 1. The fourth-order valence-electron chi connectivity index (χ4n) is 3.62. The molecule has 0 radical (unpaired) electrons. The normalized spacial score (nSPS) is 10.9. The number of carbonyl (C=O) groups excluding carboxylic acids is 1. The van der Waals surface area contributed by atoms with Crippen LogP contribution >= 0.6 is 11.8 Å². The number of ketones is 1. The first-order valence-corrected chi connectivity index (χ1v) is 11.7.